The zero-order valence-corrected chi connectivity index (χ0v) is 11.1. The Balaban J connectivity index is 0.00000108. The van der Waals surface area contributed by atoms with Crippen molar-refractivity contribution in [3.8, 4) is 0 Å². The maximum absolute atomic E-state index is 5.84. The average Bonchev–Trinajstić information content (AvgIpc) is 3.13. The van der Waals surface area contributed by atoms with E-state index in [0.29, 0.717) is 5.15 Å². The smallest absolute Gasteiger partial charge is 0.149 e. The first-order chi connectivity index (χ1) is 7.83. The lowest BCUT2D eigenvalue weighted by atomic mass is 10.3. The number of rotatable bonds is 2. The minimum absolute atomic E-state index is 0. The molecule has 2 aliphatic rings. The summed E-state index contributed by atoms with van der Waals surface area (Å²) in [4.78, 5) is 13.2. The summed E-state index contributed by atoms with van der Waals surface area (Å²) in [6.07, 6.45) is 6.14. The zero-order valence-electron chi connectivity index (χ0n) is 9.55. The van der Waals surface area contributed by atoms with E-state index in [9.17, 15) is 0 Å². The molecule has 0 amide bonds. The third kappa shape index (κ3) is 3.00. The van der Waals surface area contributed by atoms with Crippen LogP contribution in [0.25, 0.3) is 0 Å². The highest BCUT2D eigenvalue weighted by molar-refractivity contribution is 6.29. The van der Waals surface area contributed by atoms with Crippen LogP contribution in [-0.4, -0.2) is 47.1 Å². The van der Waals surface area contributed by atoms with Gasteiger partial charge >= 0.3 is 0 Å². The standard InChI is InChI=1S/C11H15ClN4.ClH/c12-10-7-13-8-11(14-10)16-5-3-15(4-6-16)9-1-2-9;/h7-9H,1-6H2;1H. The number of anilines is 1. The number of piperazine rings is 1. The molecule has 3 rings (SSSR count). The van der Waals surface area contributed by atoms with E-state index in [0.717, 1.165) is 38.0 Å². The monoisotopic (exact) mass is 274 g/mol. The summed E-state index contributed by atoms with van der Waals surface area (Å²) < 4.78 is 0. The van der Waals surface area contributed by atoms with Gasteiger partial charge < -0.3 is 4.90 Å². The topological polar surface area (TPSA) is 32.3 Å². The summed E-state index contributed by atoms with van der Waals surface area (Å²) in [6, 6.07) is 0.868. The van der Waals surface area contributed by atoms with Crippen LogP contribution < -0.4 is 4.90 Å². The van der Waals surface area contributed by atoms with Gasteiger partial charge in [-0.1, -0.05) is 11.6 Å². The lowest BCUT2D eigenvalue weighted by Gasteiger charge is -2.35. The Morgan fingerprint density at radius 3 is 2.41 bits per heavy atom. The van der Waals surface area contributed by atoms with E-state index in [4.69, 9.17) is 11.6 Å². The Bertz CT molecular complexity index is 375. The van der Waals surface area contributed by atoms with Crippen LogP contribution in [0.2, 0.25) is 5.15 Å². The van der Waals surface area contributed by atoms with Gasteiger partial charge in [-0.3, -0.25) is 9.88 Å². The fourth-order valence-corrected chi connectivity index (χ4v) is 2.38. The van der Waals surface area contributed by atoms with E-state index in [-0.39, 0.29) is 12.4 Å². The van der Waals surface area contributed by atoms with Gasteiger partial charge in [0.1, 0.15) is 11.0 Å². The third-order valence-electron chi connectivity index (χ3n) is 3.29. The maximum Gasteiger partial charge on any atom is 0.149 e. The van der Waals surface area contributed by atoms with Gasteiger partial charge in [0.25, 0.3) is 0 Å². The molecule has 1 aliphatic carbocycles. The molecule has 0 N–H and O–H groups in total. The van der Waals surface area contributed by atoms with Gasteiger partial charge in [0.05, 0.1) is 12.4 Å². The van der Waals surface area contributed by atoms with Crippen molar-refractivity contribution in [2.45, 2.75) is 18.9 Å². The second-order valence-electron chi connectivity index (χ2n) is 4.45. The Morgan fingerprint density at radius 1 is 1.12 bits per heavy atom. The third-order valence-corrected chi connectivity index (χ3v) is 3.48. The number of hydrogen-bond donors (Lipinski definition) is 0. The molecule has 1 saturated heterocycles. The summed E-state index contributed by atoms with van der Waals surface area (Å²) in [5, 5.41) is 0.474. The molecule has 0 unspecified atom stereocenters. The predicted molar refractivity (Wildman–Crippen MR) is 71.1 cm³/mol. The second-order valence-corrected chi connectivity index (χ2v) is 4.84. The van der Waals surface area contributed by atoms with Gasteiger partial charge in [0, 0.05) is 32.2 Å². The van der Waals surface area contributed by atoms with E-state index in [1.54, 1.807) is 12.4 Å². The molecule has 0 spiro atoms. The summed E-state index contributed by atoms with van der Waals surface area (Å²) in [6.45, 7) is 4.34. The van der Waals surface area contributed by atoms with Gasteiger partial charge in [-0.2, -0.15) is 0 Å². The second kappa shape index (κ2) is 5.38. The van der Waals surface area contributed by atoms with Gasteiger partial charge in [-0.25, -0.2) is 4.98 Å². The molecule has 1 aromatic rings. The first-order valence-corrected chi connectivity index (χ1v) is 6.17. The van der Waals surface area contributed by atoms with E-state index in [1.165, 1.54) is 12.8 Å². The van der Waals surface area contributed by atoms with Crippen molar-refractivity contribution in [1.29, 1.82) is 0 Å². The predicted octanol–water partition coefficient (Wildman–Crippen LogP) is 1.84. The van der Waals surface area contributed by atoms with Crippen molar-refractivity contribution in [2.75, 3.05) is 31.1 Å². The molecule has 2 heterocycles. The molecule has 0 bridgehead atoms. The van der Waals surface area contributed by atoms with Crippen molar-refractivity contribution in [3.63, 3.8) is 0 Å². The highest BCUT2D eigenvalue weighted by Gasteiger charge is 2.31. The SMILES string of the molecule is Cl.Clc1cncc(N2CCN(C3CC3)CC2)n1. The molecule has 0 atom stereocenters. The van der Waals surface area contributed by atoms with Crippen LogP contribution in [0.1, 0.15) is 12.8 Å². The van der Waals surface area contributed by atoms with E-state index >= 15 is 0 Å². The number of hydrogen-bond acceptors (Lipinski definition) is 4. The molecule has 2 fully saturated rings. The van der Waals surface area contributed by atoms with E-state index in [1.807, 2.05) is 0 Å². The Hall–Kier alpha value is -0.580. The van der Waals surface area contributed by atoms with Crippen LogP contribution in [0.3, 0.4) is 0 Å². The molecule has 94 valence electrons. The molecule has 1 saturated carbocycles. The Labute approximate surface area is 112 Å². The summed E-state index contributed by atoms with van der Waals surface area (Å²) >= 11 is 5.84. The lowest BCUT2D eigenvalue weighted by molar-refractivity contribution is 0.247. The molecule has 0 aromatic carbocycles. The molecule has 4 nitrogen and oxygen atoms in total. The van der Waals surface area contributed by atoms with Crippen LogP contribution in [0.5, 0.6) is 0 Å². The van der Waals surface area contributed by atoms with Crippen LogP contribution >= 0.6 is 24.0 Å². The lowest BCUT2D eigenvalue weighted by Crippen LogP contribution is -2.47. The van der Waals surface area contributed by atoms with Crippen molar-refractivity contribution in [1.82, 2.24) is 14.9 Å². The minimum atomic E-state index is 0. The zero-order chi connectivity index (χ0) is 11.0. The Morgan fingerprint density at radius 2 is 1.82 bits per heavy atom. The molecular formula is C11H16Cl2N4. The Kier molecular flexibility index (Phi) is 4.07. The first kappa shape index (κ1) is 12.9. The van der Waals surface area contributed by atoms with Crippen molar-refractivity contribution < 1.29 is 0 Å². The minimum Gasteiger partial charge on any atom is -0.353 e. The van der Waals surface area contributed by atoms with E-state index in [2.05, 4.69) is 19.8 Å². The van der Waals surface area contributed by atoms with Crippen molar-refractivity contribution >= 4 is 29.8 Å². The highest BCUT2D eigenvalue weighted by atomic mass is 35.5. The summed E-state index contributed by atoms with van der Waals surface area (Å²) in [5.74, 6) is 0.906. The van der Waals surface area contributed by atoms with Crippen molar-refractivity contribution in [3.05, 3.63) is 17.5 Å². The maximum atomic E-state index is 5.84. The fourth-order valence-electron chi connectivity index (χ4n) is 2.24. The van der Waals surface area contributed by atoms with Crippen molar-refractivity contribution in [2.24, 2.45) is 0 Å². The van der Waals surface area contributed by atoms with Gasteiger partial charge in [-0.05, 0) is 12.8 Å². The largest absolute Gasteiger partial charge is 0.353 e. The van der Waals surface area contributed by atoms with Gasteiger partial charge in [-0.15, -0.1) is 12.4 Å². The molecule has 0 radical (unpaired) electrons. The number of nitrogens with zero attached hydrogens (tertiary/aromatic N) is 4. The van der Waals surface area contributed by atoms with Crippen LogP contribution in [0, 0.1) is 0 Å². The molecule has 1 aromatic heterocycles. The molecule has 1 aliphatic heterocycles. The van der Waals surface area contributed by atoms with Crippen LogP contribution in [-0.2, 0) is 0 Å². The summed E-state index contributed by atoms with van der Waals surface area (Å²) in [5.41, 5.74) is 0. The normalized spacial score (nSPS) is 21.1. The molecular weight excluding hydrogens is 259 g/mol. The number of halogens is 2. The molecule has 6 heteroatoms. The highest BCUT2D eigenvalue weighted by Crippen LogP contribution is 2.28. The molecule has 17 heavy (non-hydrogen) atoms. The number of aromatic nitrogens is 2. The van der Waals surface area contributed by atoms with Gasteiger partial charge in [0.15, 0.2) is 0 Å². The summed E-state index contributed by atoms with van der Waals surface area (Å²) in [7, 11) is 0. The fraction of sp³-hybridized carbons (Fsp3) is 0.636. The van der Waals surface area contributed by atoms with Gasteiger partial charge in [0.2, 0.25) is 0 Å². The van der Waals surface area contributed by atoms with Crippen LogP contribution in [0.15, 0.2) is 12.4 Å². The average molecular weight is 275 g/mol. The van der Waals surface area contributed by atoms with E-state index < -0.39 is 0 Å². The quantitative estimate of drug-likeness (QED) is 0.824. The first-order valence-electron chi connectivity index (χ1n) is 5.79. The van der Waals surface area contributed by atoms with Crippen LogP contribution in [0.4, 0.5) is 5.82 Å².